The number of halogens is 1. The molecule has 3 heterocycles. The van der Waals surface area contributed by atoms with Crippen LogP contribution in [-0.4, -0.2) is 34.5 Å². The van der Waals surface area contributed by atoms with Crippen LogP contribution < -0.4 is 5.32 Å². The molecule has 2 aromatic rings. The van der Waals surface area contributed by atoms with Crippen molar-refractivity contribution < 1.29 is 4.39 Å². The van der Waals surface area contributed by atoms with Crippen molar-refractivity contribution in [2.45, 2.75) is 12.0 Å². The van der Waals surface area contributed by atoms with Gasteiger partial charge in [0.15, 0.2) is 0 Å². The molecule has 0 saturated carbocycles. The van der Waals surface area contributed by atoms with E-state index in [1.165, 1.54) is 0 Å². The lowest BCUT2D eigenvalue weighted by molar-refractivity contribution is 0.113. The lowest BCUT2D eigenvalue weighted by Crippen LogP contribution is -2.62. The van der Waals surface area contributed by atoms with Gasteiger partial charge < -0.3 is 10.3 Å². The van der Waals surface area contributed by atoms with Gasteiger partial charge in [-0.05, 0) is 12.1 Å². The molecule has 4 rings (SSSR count). The summed E-state index contributed by atoms with van der Waals surface area (Å²) in [4.78, 5) is 3.22. The first-order chi connectivity index (χ1) is 11.3. The largest absolute Gasteiger partial charge is 0.364 e. The average Bonchev–Trinajstić information content (AvgIpc) is 3.14. The van der Waals surface area contributed by atoms with E-state index in [0.29, 0.717) is 18.7 Å². The van der Waals surface area contributed by atoms with Gasteiger partial charge in [-0.1, -0.05) is 6.08 Å². The molecule has 1 aliphatic carbocycles. The molecule has 1 aliphatic heterocycles. The van der Waals surface area contributed by atoms with Gasteiger partial charge in [-0.2, -0.15) is 10.4 Å². The summed E-state index contributed by atoms with van der Waals surface area (Å²) in [5, 5.41) is 17.0. The molecule has 2 N–H and O–H groups in total. The summed E-state index contributed by atoms with van der Waals surface area (Å²) in [5.41, 5.74) is 3.78. The summed E-state index contributed by atoms with van der Waals surface area (Å²) < 4.78 is 15.1. The zero-order valence-electron chi connectivity index (χ0n) is 12.5. The highest BCUT2D eigenvalue weighted by molar-refractivity contribution is 5.87. The molecule has 0 amide bonds. The first-order valence-corrected chi connectivity index (χ1v) is 7.57. The summed E-state index contributed by atoms with van der Waals surface area (Å²) in [6, 6.07) is 4.24. The van der Waals surface area contributed by atoms with Crippen LogP contribution in [0.15, 0.2) is 42.4 Å². The van der Waals surface area contributed by atoms with Crippen molar-refractivity contribution in [3.05, 3.63) is 59.2 Å². The first-order valence-electron chi connectivity index (χ1n) is 7.57. The van der Waals surface area contributed by atoms with Crippen molar-refractivity contribution in [2.24, 2.45) is 0 Å². The van der Waals surface area contributed by atoms with Gasteiger partial charge in [0.1, 0.15) is 12.2 Å². The van der Waals surface area contributed by atoms with Crippen molar-refractivity contribution >= 4 is 5.57 Å². The lowest BCUT2D eigenvalue weighted by atomic mass is 9.94. The molecule has 1 fully saturated rings. The van der Waals surface area contributed by atoms with Gasteiger partial charge >= 0.3 is 0 Å². The van der Waals surface area contributed by atoms with Crippen molar-refractivity contribution in [1.29, 1.82) is 5.26 Å². The summed E-state index contributed by atoms with van der Waals surface area (Å²) in [7, 11) is 0. The lowest BCUT2D eigenvalue weighted by Gasteiger charge is -2.40. The van der Waals surface area contributed by atoms with Crippen LogP contribution >= 0.6 is 0 Å². The van der Waals surface area contributed by atoms with Crippen LogP contribution in [0, 0.1) is 11.3 Å². The Morgan fingerprint density at radius 3 is 3.00 bits per heavy atom. The molecule has 1 saturated heterocycles. The smallest absolute Gasteiger partial charge is 0.117 e. The van der Waals surface area contributed by atoms with E-state index in [1.54, 1.807) is 10.9 Å². The monoisotopic (exact) mass is 309 g/mol. The Kier molecular flexibility index (Phi) is 3.17. The molecule has 6 heteroatoms. The number of allylic oxidation sites excluding steroid dienone is 3. The molecule has 0 spiro atoms. The Bertz CT molecular complexity index is 839. The standard InChI is InChI=1S/C17H16FN5/c18-9-17(10-20-11-17)23-8-13(7-22-23)16-12(6-19)2-1-3-15-14(16)4-5-21-15/h1-2,4-5,7-8,20-21H,3,9-11H2. The van der Waals surface area contributed by atoms with Gasteiger partial charge in [0.2, 0.25) is 0 Å². The molecule has 2 aromatic heterocycles. The maximum absolute atomic E-state index is 13.4. The molecule has 0 atom stereocenters. The van der Waals surface area contributed by atoms with Gasteiger partial charge in [-0.25, -0.2) is 4.39 Å². The maximum Gasteiger partial charge on any atom is 0.117 e. The number of hydrogen-bond donors (Lipinski definition) is 2. The van der Waals surface area contributed by atoms with Crippen LogP contribution in [0.5, 0.6) is 0 Å². The average molecular weight is 309 g/mol. The molecule has 5 nitrogen and oxygen atoms in total. The molecule has 23 heavy (non-hydrogen) atoms. The summed E-state index contributed by atoms with van der Waals surface area (Å²) in [6.45, 7) is 0.689. The van der Waals surface area contributed by atoms with Gasteiger partial charge in [-0.15, -0.1) is 0 Å². The second-order valence-corrected chi connectivity index (χ2v) is 6.01. The number of fused-ring (bicyclic) bond motifs is 1. The van der Waals surface area contributed by atoms with Gasteiger partial charge in [-0.3, -0.25) is 4.68 Å². The third-order valence-electron chi connectivity index (χ3n) is 4.61. The van der Waals surface area contributed by atoms with E-state index in [1.807, 2.05) is 30.6 Å². The summed E-state index contributed by atoms with van der Waals surface area (Å²) in [5.74, 6) is 0. The number of nitrogens with one attached hydrogen (secondary N) is 2. The highest BCUT2D eigenvalue weighted by Gasteiger charge is 2.40. The second kappa shape index (κ2) is 5.21. The number of rotatable bonds is 3. The molecular formula is C17H16FN5. The zero-order chi connectivity index (χ0) is 15.9. The summed E-state index contributed by atoms with van der Waals surface area (Å²) >= 11 is 0. The Hall–Kier alpha value is -2.65. The fourth-order valence-electron chi connectivity index (χ4n) is 3.18. The van der Waals surface area contributed by atoms with Crippen LogP contribution in [0.25, 0.3) is 5.57 Å². The van der Waals surface area contributed by atoms with E-state index >= 15 is 0 Å². The van der Waals surface area contributed by atoms with Crippen molar-refractivity contribution in [2.75, 3.05) is 19.8 Å². The quantitative estimate of drug-likeness (QED) is 0.910. The number of H-pyrrole nitrogens is 1. The highest BCUT2D eigenvalue weighted by Crippen LogP contribution is 2.33. The number of hydrogen-bond acceptors (Lipinski definition) is 3. The first kappa shape index (κ1) is 14.0. The summed E-state index contributed by atoms with van der Waals surface area (Å²) in [6.07, 6.45) is 10.0. The minimum atomic E-state index is -0.590. The Morgan fingerprint density at radius 2 is 2.30 bits per heavy atom. The number of nitriles is 1. The van der Waals surface area contributed by atoms with Gasteiger partial charge in [0.25, 0.3) is 0 Å². The van der Waals surface area contributed by atoms with Crippen LogP contribution in [0.4, 0.5) is 4.39 Å². The number of nitrogens with zero attached hydrogens (tertiary/aromatic N) is 3. The fourth-order valence-corrected chi connectivity index (χ4v) is 3.18. The third-order valence-corrected chi connectivity index (χ3v) is 4.61. The molecule has 0 bridgehead atoms. The van der Waals surface area contributed by atoms with Crippen LogP contribution in [-0.2, 0) is 12.0 Å². The Labute approximate surface area is 133 Å². The van der Waals surface area contributed by atoms with E-state index in [-0.39, 0.29) is 0 Å². The van der Waals surface area contributed by atoms with Crippen molar-refractivity contribution in [3.8, 4) is 6.07 Å². The molecule has 0 aromatic carbocycles. The predicted molar refractivity (Wildman–Crippen MR) is 84.3 cm³/mol. The van der Waals surface area contributed by atoms with E-state index in [0.717, 1.165) is 28.8 Å². The molecular weight excluding hydrogens is 293 g/mol. The topological polar surface area (TPSA) is 69.4 Å². The molecule has 116 valence electrons. The predicted octanol–water partition coefficient (Wildman–Crippen LogP) is 1.92. The zero-order valence-corrected chi connectivity index (χ0v) is 12.5. The van der Waals surface area contributed by atoms with E-state index in [2.05, 4.69) is 21.5 Å². The molecule has 0 radical (unpaired) electrons. The Balaban J connectivity index is 1.84. The number of alkyl halides is 1. The fraction of sp³-hybridized carbons (Fsp3) is 0.294. The van der Waals surface area contributed by atoms with Gasteiger partial charge in [0, 0.05) is 54.3 Å². The van der Waals surface area contributed by atoms with Crippen LogP contribution in [0.3, 0.4) is 0 Å². The SMILES string of the molecule is N#CC1=C(c2cnn(C3(CF)CNC3)c2)c2cc[nH]c2CC=C1. The van der Waals surface area contributed by atoms with Crippen molar-refractivity contribution in [1.82, 2.24) is 20.1 Å². The van der Waals surface area contributed by atoms with E-state index in [9.17, 15) is 9.65 Å². The minimum absolute atomic E-state index is 0.458. The normalized spacial score (nSPS) is 19.0. The molecule has 2 aliphatic rings. The van der Waals surface area contributed by atoms with Crippen molar-refractivity contribution in [3.63, 3.8) is 0 Å². The Morgan fingerprint density at radius 1 is 1.43 bits per heavy atom. The minimum Gasteiger partial charge on any atom is -0.364 e. The van der Waals surface area contributed by atoms with Gasteiger partial charge in [0.05, 0.1) is 17.8 Å². The number of aromatic amines is 1. The number of aromatic nitrogens is 3. The maximum atomic E-state index is 13.4. The van der Waals surface area contributed by atoms with Crippen LogP contribution in [0.1, 0.15) is 16.8 Å². The second-order valence-electron chi connectivity index (χ2n) is 6.01. The molecule has 0 unspecified atom stereocenters. The van der Waals surface area contributed by atoms with E-state index in [4.69, 9.17) is 0 Å². The van der Waals surface area contributed by atoms with Crippen LogP contribution in [0.2, 0.25) is 0 Å². The van der Waals surface area contributed by atoms with E-state index < -0.39 is 12.2 Å². The highest BCUT2D eigenvalue weighted by atomic mass is 19.1. The third kappa shape index (κ3) is 2.05.